The van der Waals surface area contributed by atoms with Crippen molar-refractivity contribution < 1.29 is 18.3 Å². The van der Waals surface area contributed by atoms with Crippen molar-refractivity contribution in [1.29, 1.82) is 0 Å². The van der Waals surface area contributed by atoms with Gasteiger partial charge in [-0.1, -0.05) is 18.2 Å². The Morgan fingerprint density at radius 1 is 1.09 bits per heavy atom. The fourth-order valence-corrected chi connectivity index (χ4v) is 2.00. The predicted octanol–water partition coefficient (Wildman–Crippen LogP) is 4.09. The van der Waals surface area contributed by atoms with Crippen LogP contribution in [0.25, 0.3) is 0 Å². The van der Waals surface area contributed by atoms with Gasteiger partial charge in [0.2, 0.25) is 5.91 Å². The summed E-state index contributed by atoms with van der Waals surface area (Å²) in [5.41, 5.74) is 3.73. The van der Waals surface area contributed by atoms with E-state index in [9.17, 15) is 13.6 Å². The third-order valence-corrected chi connectivity index (χ3v) is 3.30. The number of halogens is 2. The molecule has 116 valence electrons. The number of carbonyl (C=O) groups is 1. The van der Waals surface area contributed by atoms with E-state index in [0.717, 1.165) is 22.4 Å². The fraction of sp³-hybridized carbons (Fsp3) is 0.235. The van der Waals surface area contributed by atoms with Gasteiger partial charge >= 0.3 is 6.61 Å². The maximum absolute atomic E-state index is 12.0. The summed E-state index contributed by atoms with van der Waals surface area (Å²) in [6.45, 7) is 1.13. The van der Waals surface area contributed by atoms with Crippen molar-refractivity contribution in [2.24, 2.45) is 0 Å². The summed E-state index contributed by atoms with van der Waals surface area (Å²) < 4.78 is 28.4. The summed E-state index contributed by atoms with van der Waals surface area (Å²) in [5, 5.41) is 2.82. The van der Waals surface area contributed by atoms with E-state index < -0.39 is 6.61 Å². The zero-order valence-electron chi connectivity index (χ0n) is 12.4. The molecule has 1 amide bonds. The number of alkyl halides is 2. The Labute approximate surface area is 127 Å². The lowest BCUT2D eigenvalue weighted by Crippen LogP contribution is -2.14. The quantitative estimate of drug-likeness (QED) is 0.903. The van der Waals surface area contributed by atoms with E-state index in [1.807, 2.05) is 32.0 Å². The summed E-state index contributed by atoms with van der Waals surface area (Å²) in [6.07, 6.45) is 0.169. The van der Waals surface area contributed by atoms with Crippen LogP contribution < -0.4 is 10.1 Å². The fourth-order valence-electron chi connectivity index (χ4n) is 2.00. The molecule has 0 aliphatic rings. The third-order valence-electron chi connectivity index (χ3n) is 3.30. The molecule has 0 bridgehead atoms. The average Bonchev–Trinajstić information content (AvgIpc) is 2.44. The molecule has 0 radical (unpaired) electrons. The minimum absolute atomic E-state index is 0.0771. The predicted molar refractivity (Wildman–Crippen MR) is 81.3 cm³/mol. The van der Waals surface area contributed by atoms with Crippen LogP contribution in [0, 0.1) is 13.8 Å². The normalized spacial score (nSPS) is 10.6. The monoisotopic (exact) mass is 305 g/mol. The van der Waals surface area contributed by atoms with Gasteiger partial charge in [-0.25, -0.2) is 0 Å². The second-order valence-electron chi connectivity index (χ2n) is 5.05. The molecule has 1 N–H and O–H groups in total. The van der Waals surface area contributed by atoms with Crippen molar-refractivity contribution in [2.75, 3.05) is 5.32 Å². The number of carbonyl (C=O) groups excluding carboxylic acids is 1. The number of hydrogen-bond donors (Lipinski definition) is 1. The zero-order chi connectivity index (χ0) is 16.1. The lowest BCUT2D eigenvalue weighted by Gasteiger charge is -2.08. The van der Waals surface area contributed by atoms with Gasteiger partial charge in [0.1, 0.15) is 5.75 Å². The Hall–Kier alpha value is -2.43. The minimum atomic E-state index is -2.85. The number of rotatable bonds is 5. The van der Waals surface area contributed by atoms with Crippen molar-refractivity contribution in [3.05, 3.63) is 59.2 Å². The first-order valence-corrected chi connectivity index (χ1v) is 6.85. The maximum Gasteiger partial charge on any atom is 0.387 e. The smallest absolute Gasteiger partial charge is 0.387 e. The van der Waals surface area contributed by atoms with Crippen LogP contribution in [0.15, 0.2) is 42.5 Å². The Kier molecular flexibility index (Phi) is 5.09. The lowest BCUT2D eigenvalue weighted by molar-refractivity contribution is -0.115. The third kappa shape index (κ3) is 4.55. The largest absolute Gasteiger partial charge is 0.435 e. The molecule has 3 nitrogen and oxygen atoms in total. The van der Waals surface area contributed by atoms with Crippen LogP contribution in [-0.4, -0.2) is 12.5 Å². The average molecular weight is 305 g/mol. The molecule has 22 heavy (non-hydrogen) atoms. The molecule has 2 aromatic rings. The van der Waals surface area contributed by atoms with Crippen molar-refractivity contribution in [3.63, 3.8) is 0 Å². The molecule has 2 rings (SSSR count). The molecule has 0 atom stereocenters. The molecular formula is C17H17F2NO2. The van der Waals surface area contributed by atoms with E-state index in [4.69, 9.17) is 0 Å². The topological polar surface area (TPSA) is 38.3 Å². The standard InChI is InChI=1S/C17H17F2NO2/c1-11-3-6-14(9-12(11)2)20-16(21)10-13-4-7-15(8-5-13)22-17(18)19/h3-9,17H,10H2,1-2H3,(H,20,21). The van der Waals surface area contributed by atoms with E-state index in [2.05, 4.69) is 10.1 Å². The first-order chi connectivity index (χ1) is 10.4. The molecule has 0 unspecified atom stereocenters. The van der Waals surface area contributed by atoms with Gasteiger partial charge in [0.25, 0.3) is 0 Å². The van der Waals surface area contributed by atoms with Crippen LogP contribution >= 0.6 is 0 Å². The van der Waals surface area contributed by atoms with Crippen LogP contribution in [0.4, 0.5) is 14.5 Å². The Morgan fingerprint density at radius 3 is 2.36 bits per heavy atom. The summed E-state index contributed by atoms with van der Waals surface area (Å²) >= 11 is 0. The number of nitrogens with one attached hydrogen (secondary N) is 1. The molecule has 0 fully saturated rings. The first-order valence-electron chi connectivity index (χ1n) is 6.85. The number of ether oxygens (including phenoxy) is 1. The van der Waals surface area contributed by atoms with Gasteiger partial charge in [0.15, 0.2) is 0 Å². The van der Waals surface area contributed by atoms with Gasteiger partial charge in [-0.05, 0) is 54.8 Å². The van der Waals surface area contributed by atoms with Gasteiger partial charge in [-0.2, -0.15) is 8.78 Å². The second-order valence-corrected chi connectivity index (χ2v) is 5.05. The van der Waals surface area contributed by atoms with Crippen LogP contribution in [-0.2, 0) is 11.2 Å². The molecule has 0 aliphatic carbocycles. The molecule has 2 aromatic carbocycles. The van der Waals surface area contributed by atoms with Gasteiger partial charge in [0, 0.05) is 5.69 Å². The summed E-state index contributed by atoms with van der Waals surface area (Å²) in [6, 6.07) is 11.7. The van der Waals surface area contributed by atoms with Crippen molar-refractivity contribution in [1.82, 2.24) is 0 Å². The van der Waals surface area contributed by atoms with Gasteiger partial charge in [-0.3, -0.25) is 4.79 Å². The van der Waals surface area contributed by atoms with Gasteiger partial charge in [-0.15, -0.1) is 0 Å². The highest BCUT2D eigenvalue weighted by molar-refractivity contribution is 5.92. The molecule has 0 aromatic heterocycles. The second kappa shape index (κ2) is 7.02. The lowest BCUT2D eigenvalue weighted by atomic mass is 10.1. The Balaban J connectivity index is 1.95. The van der Waals surface area contributed by atoms with Crippen LogP contribution in [0.2, 0.25) is 0 Å². The molecule has 0 aliphatic heterocycles. The molecule has 0 spiro atoms. The van der Waals surface area contributed by atoms with E-state index in [1.54, 1.807) is 12.1 Å². The van der Waals surface area contributed by atoms with E-state index in [1.165, 1.54) is 12.1 Å². The first kappa shape index (κ1) is 15.9. The number of benzene rings is 2. The van der Waals surface area contributed by atoms with Crippen molar-refractivity contribution in [3.8, 4) is 5.75 Å². The summed E-state index contributed by atoms with van der Waals surface area (Å²) in [4.78, 5) is 12.0. The summed E-state index contributed by atoms with van der Waals surface area (Å²) in [5.74, 6) is -0.0842. The maximum atomic E-state index is 12.0. The SMILES string of the molecule is Cc1ccc(NC(=O)Cc2ccc(OC(F)F)cc2)cc1C. The van der Waals surface area contributed by atoms with Crippen LogP contribution in [0.1, 0.15) is 16.7 Å². The molecule has 5 heteroatoms. The molecule has 0 saturated heterocycles. The van der Waals surface area contributed by atoms with E-state index in [0.29, 0.717) is 0 Å². The highest BCUT2D eigenvalue weighted by Gasteiger charge is 2.07. The van der Waals surface area contributed by atoms with Crippen molar-refractivity contribution in [2.45, 2.75) is 26.9 Å². The van der Waals surface area contributed by atoms with E-state index in [-0.39, 0.29) is 18.1 Å². The summed E-state index contributed by atoms with van der Waals surface area (Å²) in [7, 11) is 0. The van der Waals surface area contributed by atoms with Crippen molar-refractivity contribution >= 4 is 11.6 Å². The van der Waals surface area contributed by atoms with Gasteiger partial charge in [0.05, 0.1) is 6.42 Å². The van der Waals surface area contributed by atoms with Gasteiger partial charge < -0.3 is 10.1 Å². The van der Waals surface area contributed by atoms with E-state index >= 15 is 0 Å². The number of anilines is 1. The van der Waals surface area contributed by atoms with Crippen LogP contribution in [0.5, 0.6) is 5.75 Å². The Morgan fingerprint density at radius 2 is 1.77 bits per heavy atom. The molecule has 0 saturated carbocycles. The minimum Gasteiger partial charge on any atom is -0.435 e. The molecule has 0 heterocycles. The highest BCUT2D eigenvalue weighted by atomic mass is 19.3. The van der Waals surface area contributed by atoms with Crippen LogP contribution in [0.3, 0.4) is 0 Å². The Bertz CT molecular complexity index is 654. The molecular weight excluding hydrogens is 288 g/mol. The highest BCUT2D eigenvalue weighted by Crippen LogP contribution is 2.17. The number of aryl methyl sites for hydroxylation is 2. The number of amides is 1. The zero-order valence-corrected chi connectivity index (χ0v) is 12.4. The number of hydrogen-bond acceptors (Lipinski definition) is 2.